The van der Waals surface area contributed by atoms with Crippen molar-refractivity contribution >= 4 is 43.5 Å². The van der Waals surface area contributed by atoms with Crippen LogP contribution in [-0.4, -0.2) is 44.3 Å². The number of rotatable bonds is 4. The highest BCUT2D eigenvalue weighted by Crippen LogP contribution is 2.20. The van der Waals surface area contributed by atoms with Crippen molar-refractivity contribution in [3.63, 3.8) is 0 Å². The molecular weight excluding hydrogens is 434 g/mol. The number of amides is 2. The van der Waals surface area contributed by atoms with Gasteiger partial charge >= 0.3 is 0 Å². The van der Waals surface area contributed by atoms with Gasteiger partial charge in [-0.1, -0.05) is 22.0 Å². The van der Waals surface area contributed by atoms with E-state index in [2.05, 4.69) is 26.0 Å². The first kappa shape index (κ1) is 19.4. The Morgan fingerprint density at radius 1 is 1.22 bits per heavy atom. The Balaban J connectivity index is 1.85. The van der Waals surface area contributed by atoms with Crippen molar-refractivity contribution in [1.29, 1.82) is 0 Å². The monoisotopic (exact) mass is 451 g/mol. The summed E-state index contributed by atoms with van der Waals surface area (Å²) >= 11 is 3.29. The number of anilines is 1. The predicted molar refractivity (Wildman–Crippen MR) is 105 cm³/mol. The summed E-state index contributed by atoms with van der Waals surface area (Å²) in [6.45, 7) is 2.39. The Labute approximate surface area is 165 Å². The SMILES string of the molecule is C[C@H]1C(=O)NCCN1C(=O)c1cccc(S(=O)(=O)Nc2ccc(Br)cc2)c1. The normalized spacial score (nSPS) is 17.3. The lowest BCUT2D eigenvalue weighted by molar-refractivity contribution is -0.127. The molecule has 1 fully saturated rings. The lowest BCUT2D eigenvalue weighted by atomic mass is 10.1. The number of carbonyl (C=O) groups excluding carboxylic acids is 2. The van der Waals surface area contributed by atoms with E-state index in [4.69, 9.17) is 0 Å². The van der Waals surface area contributed by atoms with Gasteiger partial charge in [0.05, 0.1) is 4.90 Å². The van der Waals surface area contributed by atoms with Gasteiger partial charge in [-0.05, 0) is 49.4 Å². The Morgan fingerprint density at radius 2 is 1.93 bits per heavy atom. The summed E-state index contributed by atoms with van der Waals surface area (Å²) < 4.78 is 28.6. The fourth-order valence-electron chi connectivity index (χ4n) is 2.75. The van der Waals surface area contributed by atoms with Gasteiger partial charge < -0.3 is 10.2 Å². The predicted octanol–water partition coefficient (Wildman–Crippen LogP) is 2.21. The van der Waals surface area contributed by atoms with Crippen LogP contribution in [0.2, 0.25) is 0 Å². The molecule has 9 heteroatoms. The molecule has 2 amide bonds. The van der Waals surface area contributed by atoms with E-state index in [-0.39, 0.29) is 22.3 Å². The van der Waals surface area contributed by atoms with Gasteiger partial charge in [0.2, 0.25) is 5.91 Å². The molecule has 0 radical (unpaired) electrons. The van der Waals surface area contributed by atoms with Crippen molar-refractivity contribution in [2.75, 3.05) is 17.8 Å². The molecular formula is C18H18BrN3O4S. The molecule has 3 rings (SSSR count). The molecule has 0 saturated carbocycles. The molecule has 1 heterocycles. The van der Waals surface area contributed by atoms with E-state index in [9.17, 15) is 18.0 Å². The number of halogens is 1. The first-order chi connectivity index (χ1) is 12.8. The first-order valence-corrected chi connectivity index (χ1v) is 10.5. The van der Waals surface area contributed by atoms with Crippen molar-refractivity contribution in [3.8, 4) is 0 Å². The molecule has 2 aromatic carbocycles. The quantitative estimate of drug-likeness (QED) is 0.744. The van der Waals surface area contributed by atoms with Crippen molar-refractivity contribution in [3.05, 3.63) is 58.6 Å². The summed E-state index contributed by atoms with van der Waals surface area (Å²) in [5.41, 5.74) is 0.631. The van der Waals surface area contributed by atoms with E-state index in [1.807, 2.05) is 0 Å². The minimum atomic E-state index is -3.85. The maximum Gasteiger partial charge on any atom is 0.261 e. The van der Waals surface area contributed by atoms with Gasteiger partial charge in [0.15, 0.2) is 0 Å². The number of nitrogens with zero attached hydrogens (tertiary/aromatic N) is 1. The summed E-state index contributed by atoms with van der Waals surface area (Å²) in [7, 11) is -3.85. The Bertz CT molecular complexity index is 976. The number of benzene rings is 2. The molecule has 1 aliphatic heterocycles. The zero-order chi connectivity index (χ0) is 19.6. The van der Waals surface area contributed by atoms with Crippen LogP contribution in [0.25, 0.3) is 0 Å². The molecule has 0 unspecified atom stereocenters. The third kappa shape index (κ3) is 4.30. The van der Waals surface area contributed by atoms with Crippen molar-refractivity contribution < 1.29 is 18.0 Å². The van der Waals surface area contributed by atoms with Gasteiger partial charge in [-0.3, -0.25) is 14.3 Å². The summed E-state index contributed by atoms with van der Waals surface area (Å²) in [6.07, 6.45) is 0. The summed E-state index contributed by atoms with van der Waals surface area (Å²) in [4.78, 5) is 25.9. The molecule has 1 aliphatic rings. The maximum absolute atomic E-state index is 12.8. The van der Waals surface area contributed by atoms with Crippen LogP contribution in [0.1, 0.15) is 17.3 Å². The van der Waals surface area contributed by atoms with Crippen LogP contribution in [0.15, 0.2) is 57.9 Å². The lowest BCUT2D eigenvalue weighted by Crippen LogP contribution is -2.55. The van der Waals surface area contributed by atoms with Crippen molar-refractivity contribution in [1.82, 2.24) is 10.2 Å². The fraction of sp³-hybridized carbons (Fsp3) is 0.222. The second-order valence-corrected chi connectivity index (χ2v) is 8.70. The number of nitrogens with one attached hydrogen (secondary N) is 2. The molecule has 142 valence electrons. The highest BCUT2D eigenvalue weighted by molar-refractivity contribution is 9.10. The van der Waals surface area contributed by atoms with Crippen LogP contribution in [0, 0.1) is 0 Å². The minimum absolute atomic E-state index is 0.0228. The summed E-state index contributed by atoms with van der Waals surface area (Å²) in [5, 5.41) is 2.69. The topological polar surface area (TPSA) is 95.6 Å². The molecule has 1 atom stereocenters. The largest absolute Gasteiger partial charge is 0.353 e. The summed E-state index contributed by atoms with van der Waals surface area (Å²) in [5.74, 6) is -0.603. The average Bonchev–Trinajstić information content (AvgIpc) is 2.65. The van der Waals surface area contributed by atoms with Crippen LogP contribution in [0.3, 0.4) is 0 Å². The van der Waals surface area contributed by atoms with Crippen LogP contribution < -0.4 is 10.0 Å². The second kappa shape index (κ2) is 7.69. The van der Waals surface area contributed by atoms with Gasteiger partial charge in [0, 0.05) is 28.8 Å². The van der Waals surface area contributed by atoms with E-state index in [0.717, 1.165) is 4.47 Å². The van der Waals surface area contributed by atoms with Crippen molar-refractivity contribution in [2.24, 2.45) is 0 Å². The van der Waals surface area contributed by atoms with Gasteiger partial charge in [-0.15, -0.1) is 0 Å². The van der Waals surface area contributed by atoms with Crippen LogP contribution in [-0.2, 0) is 14.8 Å². The van der Waals surface area contributed by atoms with Gasteiger partial charge in [-0.2, -0.15) is 0 Å². The molecule has 0 bridgehead atoms. The van der Waals surface area contributed by atoms with Crippen molar-refractivity contribution in [2.45, 2.75) is 17.9 Å². The Kier molecular flexibility index (Phi) is 5.52. The van der Waals surface area contributed by atoms with Crippen LogP contribution >= 0.6 is 15.9 Å². The Morgan fingerprint density at radius 3 is 2.63 bits per heavy atom. The van der Waals surface area contributed by atoms with E-state index < -0.39 is 16.1 Å². The number of hydrogen-bond donors (Lipinski definition) is 2. The molecule has 2 N–H and O–H groups in total. The summed E-state index contributed by atoms with van der Waals surface area (Å²) in [6, 6.07) is 11.9. The molecule has 27 heavy (non-hydrogen) atoms. The first-order valence-electron chi connectivity index (χ1n) is 8.25. The third-order valence-corrected chi connectivity index (χ3v) is 6.16. The van der Waals surface area contributed by atoms with Gasteiger partial charge in [0.25, 0.3) is 15.9 Å². The number of carbonyl (C=O) groups is 2. The third-order valence-electron chi connectivity index (χ3n) is 4.25. The molecule has 0 aromatic heterocycles. The van der Waals surface area contributed by atoms with E-state index in [1.165, 1.54) is 23.1 Å². The molecule has 1 saturated heterocycles. The molecule has 0 aliphatic carbocycles. The van der Waals surface area contributed by atoms with Gasteiger partial charge in [0.1, 0.15) is 6.04 Å². The van der Waals surface area contributed by atoms with Crippen LogP contribution in [0.5, 0.6) is 0 Å². The highest BCUT2D eigenvalue weighted by atomic mass is 79.9. The maximum atomic E-state index is 12.8. The highest BCUT2D eigenvalue weighted by Gasteiger charge is 2.30. The van der Waals surface area contributed by atoms with Crippen LogP contribution in [0.4, 0.5) is 5.69 Å². The smallest absolute Gasteiger partial charge is 0.261 e. The standard InChI is InChI=1S/C18H18BrN3O4S/c1-12-17(23)20-9-10-22(12)18(24)13-3-2-4-16(11-13)27(25,26)21-15-7-5-14(19)6-8-15/h2-8,11-12,21H,9-10H2,1H3,(H,20,23)/t12-/m0/s1. The number of sulfonamides is 1. The number of hydrogen-bond acceptors (Lipinski definition) is 4. The molecule has 7 nitrogen and oxygen atoms in total. The fourth-order valence-corrected chi connectivity index (χ4v) is 4.12. The second-order valence-electron chi connectivity index (χ2n) is 6.11. The molecule has 0 spiro atoms. The molecule has 2 aromatic rings. The zero-order valence-corrected chi connectivity index (χ0v) is 16.9. The van der Waals surface area contributed by atoms with Gasteiger partial charge in [-0.25, -0.2) is 8.42 Å². The number of piperazine rings is 1. The Hall–Kier alpha value is -2.39. The zero-order valence-electron chi connectivity index (χ0n) is 14.5. The van der Waals surface area contributed by atoms with E-state index in [0.29, 0.717) is 18.8 Å². The van der Waals surface area contributed by atoms with E-state index in [1.54, 1.807) is 37.3 Å². The average molecular weight is 452 g/mol. The lowest BCUT2D eigenvalue weighted by Gasteiger charge is -2.32. The van der Waals surface area contributed by atoms with E-state index >= 15 is 0 Å². The minimum Gasteiger partial charge on any atom is -0.353 e.